The van der Waals surface area contributed by atoms with Crippen LogP contribution < -0.4 is 25.7 Å². The summed E-state index contributed by atoms with van der Waals surface area (Å²) in [7, 11) is 2.91. The molecule has 1 aromatic carbocycles. The molecule has 0 radical (unpaired) electrons. The van der Waals surface area contributed by atoms with Crippen LogP contribution in [-0.2, 0) is 11.3 Å². The number of carbonyl (C=O) groups excluding carboxylic acids is 1. The molecule has 2 N–H and O–H groups in total. The average molecular weight is 547 g/mol. The smallest absolute Gasteiger partial charge is 0.278 e. The zero-order chi connectivity index (χ0) is 26.7. The molecule has 0 saturated heterocycles. The molecule has 2 aromatic heterocycles. The molecule has 1 fully saturated rings. The van der Waals surface area contributed by atoms with Crippen LogP contribution in [0, 0.1) is 0 Å². The standard InChI is InChI=1S/C25H28Cl2N6O4/c1-5-18(34)29-13-9-7-8-10-14(13)31-25-28-12-15-23(32-25)33(6-2)24(35)22(30-15)19-20(26)16(36-3)11-17(37-4)21(19)27/h5,11-14H,1,6-10H2,2-4H3,(H,29,34)(H,28,31,32)/t13-,14+/m0/s1. The summed E-state index contributed by atoms with van der Waals surface area (Å²) in [5.41, 5.74) is 0.561. The van der Waals surface area contributed by atoms with Crippen LogP contribution in [0.1, 0.15) is 32.6 Å². The molecule has 37 heavy (non-hydrogen) atoms. The zero-order valence-electron chi connectivity index (χ0n) is 20.8. The van der Waals surface area contributed by atoms with Crippen molar-refractivity contribution in [2.75, 3.05) is 19.5 Å². The van der Waals surface area contributed by atoms with E-state index in [0.717, 1.165) is 25.7 Å². The van der Waals surface area contributed by atoms with Crippen molar-refractivity contribution in [3.05, 3.63) is 45.3 Å². The van der Waals surface area contributed by atoms with Crippen molar-refractivity contribution in [1.29, 1.82) is 0 Å². The lowest BCUT2D eigenvalue weighted by Crippen LogP contribution is -2.48. The molecule has 4 rings (SSSR count). The number of ether oxygens (including phenoxy) is 2. The molecule has 10 nitrogen and oxygen atoms in total. The van der Waals surface area contributed by atoms with Crippen molar-refractivity contribution in [2.24, 2.45) is 0 Å². The lowest BCUT2D eigenvalue weighted by atomic mass is 9.90. The monoisotopic (exact) mass is 546 g/mol. The minimum absolute atomic E-state index is 0.0327. The Morgan fingerprint density at radius 3 is 2.41 bits per heavy atom. The third-order valence-corrected chi connectivity index (χ3v) is 7.16. The Labute approximate surface area is 224 Å². The summed E-state index contributed by atoms with van der Waals surface area (Å²) in [5.74, 6) is 0.709. The topological polar surface area (TPSA) is 120 Å². The molecule has 1 amide bonds. The lowest BCUT2D eigenvalue weighted by Gasteiger charge is -2.32. The third kappa shape index (κ3) is 5.21. The summed E-state index contributed by atoms with van der Waals surface area (Å²) in [5, 5.41) is 6.59. The van der Waals surface area contributed by atoms with Crippen molar-refractivity contribution in [3.63, 3.8) is 0 Å². The van der Waals surface area contributed by atoms with Crippen LogP contribution >= 0.6 is 23.2 Å². The van der Waals surface area contributed by atoms with Gasteiger partial charge < -0.3 is 20.1 Å². The fourth-order valence-electron chi connectivity index (χ4n) is 4.54. The van der Waals surface area contributed by atoms with E-state index in [0.29, 0.717) is 35.2 Å². The summed E-state index contributed by atoms with van der Waals surface area (Å²) in [6.45, 7) is 5.68. The molecule has 0 bridgehead atoms. The maximum absolute atomic E-state index is 13.6. The van der Waals surface area contributed by atoms with Crippen LogP contribution in [0.25, 0.3) is 22.4 Å². The van der Waals surface area contributed by atoms with E-state index in [-0.39, 0.29) is 39.3 Å². The summed E-state index contributed by atoms with van der Waals surface area (Å²) in [4.78, 5) is 39.1. The summed E-state index contributed by atoms with van der Waals surface area (Å²) < 4.78 is 12.2. The number of halogens is 2. The average Bonchev–Trinajstić information content (AvgIpc) is 2.90. The van der Waals surface area contributed by atoms with Gasteiger partial charge in [0.15, 0.2) is 5.65 Å². The Morgan fingerprint density at radius 2 is 1.81 bits per heavy atom. The SMILES string of the molecule is C=CC(=O)N[C@H]1CCCC[C@H]1Nc1ncc2nc(-c3c(Cl)c(OC)cc(OC)c3Cl)c(=O)n(CC)c2n1. The molecule has 1 aliphatic rings. The number of aromatic nitrogens is 4. The lowest BCUT2D eigenvalue weighted by molar-refractivity contribution is -0.117. The van der Waals surface area contributed by atoms with E-state index in [4.69, 9.17) is 32.7 Å². The van der Waals surface area contributed by atoms with Crippen LogP contribution in [0.4, 0.5) is 5.95 Å². The maximum Gasteiger partial charge on any atom is 0.278 e. The van der Waals surface area contributed by atoms with Crippen molar-refractivity contribution in [2.45, 2.75) is 51.2 Å². The van der Waals surface area contributed by atoms with Crippen LogP contribution in [-0.4, -0.2) is 51.7 Å². The van der Waals surface area contributed by atoms with Gasteiger partial charge in [-0.25, -0.2) is 9.97 Å². The second kappa shape index (κ2) is 11.4. The van der Waals surface area contributed by atoms with E-state index in [1.165, 1.54) is 24.9 Å². The molecule has 3 aromatic rings. The second-order valence-electron chi connectivity index (χ2n) is 8.55. The van der Waals surface area contributed by atoms with Crippen molar-refractivity contribution in [1.82, 2.24) is 24.8 Å². The molecule has 1 aliphatic carbocycles. The van der Waals surface area contributed by atoms with Gasteiger partial charge in [-0.05, 0) is 25.8 Å². The minimum Gasteiger partial charge on any atom is -0.495 e. The second-order valence-corrected chi connectivity index (χ2v) is 9.31. The van der Waals surface area contributed by atoms with Crippen LogP contribution in [0.3, 0.4) is 0 Å². The summed E-state index contributed by atoms with van der Waals surface area (Å²) >= 11 is 13.1. The Morgan fingerprint density at radius 1 is 1.16 bits per heavy atom. The molecule has 2 heterocycles. The minimum atomic E-state index is -0.424. The highest BCUT2D eigenvalue weighted by atomic mass is 35.5. The van der Waals surface area contributed by atoms with Gasteiger partial charge in [-0.1, -0.05) is 42.6 Å². The van der Waals surface area contributed by atoms with Gasteiger partial charge in [0.25, 0.3) is 5.56 Å². The number of hydrogen-bond donors (Lipinski definition) is 2. The first-order valence-electron chi connectivity index (χ1n) is 11.9. The van der Waals surface area contributed by atoms with Gasteiger partial charge >= 0.3 is 0 Å². The molecular weight excluding hydrogens is 519 g/mol. The van der Waals surface area contributed by atoms with Gasteiger partial charge in [0.05, 0.1) is 36.0 Å². The highest BCUT2D eigenvalue weighted by Crippen LogP contribution is 2.44. The molecule has 0 unspecified atom stereocenters. The van der Waals surface area contributed by atoms with Gasteiger partial charge in [-0.2, -0.15) is 4.98 Å². The van der Waals surface area contributed by atoms with Crippen molar-refractivity contribution >= 4 is 46.2 Å². The van der Waals surface area contributed by atoms with Crippen LogP contribution in [0.15, 0.2) is 29.7 Å². The first kappa shape index (κ1) is 26.7. The van der Waals surface area contributed by atoms with Gasteiger partial charge in [0.2, 0.25) is 11.9 Å². The normalized spacial score (nSPS) is 17.3. The molecule has 2 atom stereocenters. The van der Waals surface area contributed by atoms with E-state index in [1.807, 2.05) is 6.92 Å². The maximum atomic E-state index is 13.6. The highest BCUT2D eigenvalue weighted by molar-refractivity contribution is 6.41. The predicted octanol–water partition coefficient (Wildman–Crippen LogP) is 4.22. The number of hydrogen-bond acceptors (Lipinski definition) is 8. The fourth-order valence-corrected chi connectivity index (χ4v) is 5.22. The number of fused-ring (bicyclic) bond motifs is 1. The van der Waals surface area contributed by atoms with Crippen LogP contribution in [0.5, 0.6) is 11.5 Å². The van der Waals surface area contributed by atoms with Crippen molar-refractivity contribution < 1.29 is 14.3 Å². The third-order valence-electron chi connectivity index (χ3n) is 6.41. The molecule has 196 valence electrons. The number of methoxy groups -OCH3 is 2. The summed E-state index contributed by atoms with van der Waals surface area (Å²) in [6, 6.07) is 1.40. The van der Waals surface area contributed by atoms with E-state index in [9.17, 15) is 9.59 Å². The van der Waals surface area contributed by atoms with Gasteiger partial charge in [0, 0.05) is 24.7 Å². The fraction of sp³-hybridized carbons (Fsp3) is 0.400. The van der Waals surface area contributed by atoms with E-state index in [1.54, 1.807) is 12.3 Å². The number of aryl methyl sites for hydroxylation is 1. The Balaban J connectivity index is 1.79. The number of nitrogens with zero attached hydrogens (tertiary/aromatic N) is 4. The van der Waals surface area contributed by atoms with E-state index < -0.39 is 5.56 Å². The summed E-state index contributed by atoms with van der Waals surface area (Å²) in [6.07, 6.45) is 6.51. The van der Waals surface area contributed by atoms with Crippen molar-refractivity contribution in [3.8, 4) is 22.8 Å². The Kier molecular flexibility index (Phi) is 8.19. The molecule has 12 heteroatoms. The predicted molar refractivity (Wildman–Crippen MR) is 144 cm³/mol. The first-order chi connectivity index (χ1) is 17.8. The number of amides is 1. The van der Waals surface area contributed by atoms with Gasteiger partial charge in [-0.15, -0.1) is 0 Å². The molecular formula is C25H28Cl2N6O4. The Hall–Kier alpha value is -3.37. The zero-order valence-corrected chi connectivity index (χ0v) is 22.3. The first-order valence-corrected chi connectivity index (χ1v) is 12.7. The van der Waals surface area contributed by atoms with Gasteiger partial charge in [-0.3, -0.25) is 14.2 Å². The number of benzene rings is 1. The number of anilines is 1. The van der Waals surface area contributed by atoms with E-state index >= 15 is 0 Å². The van der Waals surface area contributed by atoms with Gasteiger partial charge in [0.1, 0.15) is 22.7 Å². The highest BCUT2D eigenvalue weighted by Gasteiger charge is 2.28. The number of carbonyl (C=O) groups is 1. The number of nitrogens with one attached hydrogen (secondary N) is 2. The Bertz CT molecular complexity index is 1380. The largest absolute Gasteiger partial charge is 0.495 e. The molecule has 0 aliphatic heterocycles. The molecule has 0 spiro atoms. The quantitative estimate of drug-likeness (QED) is 0.403. The molecule has 1 saturated carbocycles. The number of rotatable bonds is 8. The van der Waals surface area contributed by atoms with E-state index in [2.05, 4.69) is 32.2 Å². The van der Waals surface area contributed by atoms with Crippen LogP contribution in [0.2, 0.25) is 10.0 Å².